The fourth-order valence-electron chi connectivity index (χ4n) is 1.75. The third-order valence-corrected chi connectivity index (χ3v) is 2.72. The van der Waals surface area contributed by atoms with Crippen molar-refractivity contribution < 1.29 is 13.9 Å². The van der Waals surface area contributed by atoms with Gasteiger partial charge in [-0.05, 0) is 32.4 Å². The number of hydrogen-bond acceptors (Lipinski definition) is 4. The van der Waals surface area contributed by atoms with Gasteiger partial charge in [0.1, 0.15) is 5.60 Å². The molecule has 0 aromatic carbocycles. The van der Waals surface area contributed by atoms with Gasteiger partial charge in [0, 0.05) is 13.2 Å². The lowest BCUT2D eigenvalue weighted by Gasteiger charge is -2.24. The molecule has 0 spiro atoms. The van der Waals surface area contributed by atoms with Gasteiger partial charge in [-0.25, -0.2) is 18.9 Å². The lowest BCUT2D eigenvalue weighted by molar-refractivity contribution is 0.0285. The minimum atomic E-state index is -0.530. The van der Waals surface area contributed by atoms with Crippen LogP contribution in [0.2, 0.25) is 0 Å². The summed E-state index contributed by atoms with van der Waals surface area (Å²) < 4.78 is 19.5. The van der Waals surface area contributed by atoms with E-state index < -0.39 is 17.5 Å². The average Bonchev–Trinajstić information content (AvgIpc) is 2.84. The number of amides is 1. The summed E-state index contributed by atoms with van der Waals surface area (Å²) in [5, 5.41) is 3.84. The Morgan fingerprint density at radius 3 is 2.59 bits per heavy atom. The van der Waals surface area contributed by atoms with Gasteiger partial charge in [0.05, 0.1) is 18.9 Å². The molecule has 2 rings (SSSR count). The van der Waals surface area contributed by atoms with Gasteiger partial charge in [-0.2, -0.15) is 5.10 Å². The molecule has 1 amide bonds. The molecule has 118 valence electrons. The molecule has 6 nitrogen and oxygen atoms in total. The predicted octanol–water partition coefficient (Wildman–Crippen LogP) is 2.77. The van der Waals surface area contributed by atoms with Crippen molar-refractivity contribution in [3.63, 3.8) is 0 Å². The molecule has 2 aromatic heterocycles. The van der Waals surface area contributed by atoms with Crippen LogP contribution >= 0.6 is 0 Å². The molecule has 0 saturated heterocycles. The Labute approximate surface area is 128 Å². The van der Waals surface area contributed by atoms with Crippen LogP contribution in [0.5, 0.6) is 0 Å². The molecular formula is C15H19FN4O2. The Hall–Kier alpha value is -2.44. The molecule has 0 bridgehead atoms. The summed E-state index contributed by atoms with van der Waals surface area (Å²) in [4.78, 5) is 17.6. The number of rotatable bonds is 3. The third kappa shape index (κ3) is 4.28. The second-order valence-corrected chi connectivity index (χ2v) is 5.96. The van der Waals surface area contributed by atoms with Gasteiger partial charge in [0.15, 0.2) is 11.6 Å². The molecule has 2 aromatic rings. The van der Waals surface area contributed by atoms with Crippen molar-refractivity contribution in [3.8, 4) is 5.82 Å². The van der Waals surface area contributed by atoms with Crippen molar-refractivity contribution in [2.75, 3.05) is 7.05 Å². The Morgan fingerprint density at radius 1 is 1.36 bits per heavy atom. The highest BCUT2D eigenvalue weighted by Gasteiger charge is 2.19. The number of halogens is 1. The summed E-state index contributed by atoms with van der Waals surface area (Å²) in [6, 6.07) is 3.52. The van der Waals surface area contributed by atoms with Gasteiger partial charge >= 0.3 is 6.09 Å². The van der Waals surface area contributed by atoms with E-state index in [9.17, 15) is 9.18 Å². The fraction of sp³-hybridized carbons (Fsp3) is 0.400. The highest BCUT2D eigenvalue weighted by atomic mass is 19.1. The Balaban J connectivity index is 2.00. The van der Waals surface area contributed by atoms with Gasteiger partial charge in [0.2, 0.25) is 0 Å². The van der Waals surface area contributed by atoms with E-state index in [2.05, 4.69) is 10.1 Å². The smallest absolute Gasteiger partial charge is 0.410 e. The van der Waals surface area contributed by atoms with E-state index in [0.717, 1.165) is 11.8 Å². The van der Waals surface area contributed by atoms with Crippen LogP contribution in [0, 0.1) is 5.82 Å². The first-order valence-electron chi connectivity index (χ1n) is 6.84. The number of aromatic nitrogens is 3. The van der Waals surface area contributed by atoms with E-state index in [0.29, 0.717) is 12.4 Å². The van der Waals surface area contributed by atoms with E-state index >= 15 is 0 Å². The summed E-state index contributed by atoms with van der Waals surface area (Å²) in [7, 11) is 1.66. The quantitative estimate of drug-likeness (QED) is 0.875. The van der Waals surface area contributed by atoms with Crippen LogP contribution in [0.3, 0.4) is 0 Å². The van der Waals surface area contributed by atoms with Crippen molar-refractivity contribution in [2.24, 2.45) is 0 Å². The van der Waals surface area contributed by atoms with Crippen molar-refractivity contribution in [1.82, 2.24) is 19.7 Å². The Morgan fingerprint density at radius 2 is 2.09 bits per heavy atom. The van der Waals surface area contributed by atoms with Crippen LogP contribution in [0.15, 0.2) is 30.7 Å². The molecule has 0 radical (unpaired) electrons. The standard InChI is InChI=1S/C15H19FN4O2/c1-15(2,3)22-14(21)19(4)9-11-5-6-13(17-7-11)20-10-12(16)8-18-20/h5-8,10H,9H2,1-4H3. The fourth-order valence-corrected chi connectivity index (χ4v) is 1.75. The van der Waals surface area contributed by atoms with Crippen LogP contribution in [0.1, 0.15) is 26.3 Å². The molecule has 0 aliphatic carbocycles. The van der Waals surface area contributed by atoms with Gasteiger partial charge in [0.25, 0.3) is 0 Å². The van der Waals surface area contributed by atoms with Crippen molar-refractivity contribution >= 4 is 6.09 Å². The second kappa shape index (κ2) is 6.13. The molecule has 7 heteroatoms. The maximum atomic E-state index is 12.9. The molecule has 22 heavy (non-hydrogen) atoms. The molecule has 0 unspecified atom stereocenters. The summed E-state index contributed by atoms with van der Waals surface area (Å²) in [6.07, 6.45) is 3.59. The second-order valence-electron chi connectivity index (χ2n) is 5.96. The van der Waals surface area contributed by atoms with E-state index in [1.54, 1.807) is 19.3 Å². The first-order valence-corrected chi connectivity index (χ1v) is 6.84. The first kappa shape index (κ1) is 15.9. The van der Waals surface area contributed by atoms with Crippen LogP contribution in [0.25, 0.3) is 5.82 Å². The Kier molecular flexibility index (Phi) is 4.44. The molecular weight excluding hydrogens is 287 g/mol. The van der Waals surface area contributed by atoms with Crippen molar-refractivity contribution in [1.29, 1.82) is 0 Å². The highest BCUT2D eigenvalue weighted by molar-refractivity contribution is 5.67. The number of carbonyl (C=O) groups excluding carboxylic acids is 1. The van der Waals surface area contributed by atoms with E-state index in [-0.39, 0.29) is 0 Å². The van der Waals surface area contributed by atoms with Gasteiger partial charge in [-0.1, -0.05) is 6.07 Å². The molecule has 2 heterocycles. The summed E-state index contributed by atoms with van der Waals surface area (Å²) in [6.45, 7) is 5.82. The average molecular weight is 306 g/mol. The van der Waals surface area contributed by atoms with E-state index in [1.165, 1.54) is 15.8 Å². The summed E-state index contributed by atoms with van der Waals surface area (Å²) >= 11 is 0. The number of ether oxygens (including phenoxy) is 1. The van der Waals surface area contributed by atoms with Gasteiger partial charge in [-0.3, -0.25) is 0 Å². The third-order valence-electron chi connectivity index (χ3n) is 2.72. The van der Waals surface area contributed by atoms with E-state index in [4.69, 9.17) is 4.74 Å². The van der Waals surface area contributed by atoms with Crippen LogP contribution in [0.4, 0.5) is 9.18 Å². The van der Waals surface area contributed by atoms with E-state index in [1.807, 2.05) is 26.8 Å². The van der Waals surface area contributed by atoms with Crippen LogP contribution in [-0.4, -0.2) is 38.4 Å². The number of hydrogen-bond donors (Lipinski definition) is 0. The first-order chi connectivity index (χ1) is 10.2. The number of nitrogens with zero attached hydrogens (tertiary/aromatic N) is 4. The monoisotopic (exact) mass is 306 g/mol. The highest BCUT2D eigenvalue weighted by Crippen LogP contribution is 2.12. The zero-order valence-corrected chi connectivity index (χ0v) is 13.1. The Bertz CT molecular complexity index is 646. The number of pyridine rings is 1. The minimum Gasteiger partial charge on any atom is -0.444 e. The molecule has 0 aliphatic rings. The lowest BCUT2D eigenvalue weighted by atomic mass is 10.2. The van der Waals surface area contributed by atoms with Gasteiger partial charge in [-0.15, -0.1) is 0 Å². The SMILES string of the molecule is CN(Cc1ccc(-n2cc(F)cn2)nc1)C(=O)OC(C)(C)C. The van der Waals surface area contributed by atoms with Crippen LogP contribution in [-0.2, 0) is 11.3 Å². The van der Waals surface area contributed by atoms with Crippen molar-refractivity contribution in [3.05, 3.63) is 42.1 Å². The molecule has 0 fully saturated rings. The lowest BCUT2D eigenvalue weighted by Crippen LogP contribution is -2.33. The van der Waals surface area contributed by atoms with Crippen LogP contribution < -0.4 is 0 Å². The normalized spacial score (nSPS) is 11.3. The number of carbonyl (C=O) groups is 1. The summed E-state index contributed by atoms with van der Waals surface area (Å²) in [5.74, 6) is 0.0862. The predicted molar refractivity (Wildman–Crippen MR) is 79.0 cm³/mol. The maximum Gasteiger partial charge on any atom is 0.410 e. The maximum absolute atomic E-state index is 12.9. The molecule has 0 atom stereocenters. The zero-order valence-electron chi connectivity index (χ0n) is 13.1. The largest absolute Gasteiger partial charge is 0.444 e. The topological polar surface area (TPSA) is 60.2 Å². The van der Waals surface area contributed by atoms with Crippen molar-refractivity contribution in [2.45, 2.75) is 32.9 Å². The molecule has 0 N–H and O–H groups in total. The van der Waals surface area contributed by atoms with Gasteiger partial charge < -0.3 is 9.64 Å². The molecule has 0 saturated carbocycles. The zero-order chi connectivity index (χ0) is 16.3. The summed E-state index contributed by atoms with van der Waals surface area (Å²) in [5.41, 5.74) is 0.308. The molecule has 0 aliphatic heterocycles. The minimum absolute atomic E-state index is 0.371.